The first-order valence-electron chi connectivity index (χ1n) is 7.78. The molecule has 0 fully saturated rings. The average Bonchev–Trinajstić information content (AvgIpc) is 3.01. The molecule has 11 heteroatoms. The Morgan fingerprint density at radius 1 is 1.31 bits per heavy atom. The summed E-state index contributed by atoms with van der Waals surface area (Å²) >= 11 is 2.66. The Bertz CT molecular complexity index is 880. The van der Waals surface area contributed by atoms with Gasteiger partial charge in [0.15, 0.2) is 4.34 Å². The molecule has 1 heterocycles. The molecule has 2 rings (SSSR count). The second-order valence-electron chi connectivity index (χ2n) is 5.70. The van der Waals surface area contributed by atoms with Gasteiger partial charge in [-0.1, -0.05) is 29.2 Å². The third kappa shape index (κ3) is 5.66. The topological polar surface area (TPSA) is 113 Å². The molecule has 0 aliphatic heterocycles. The van der Waals surface area contributed by atoms with E-state index in [-0.39, 0.29) is 22.6 Å². The Morgan fingerprint density at radius 2 is 2.04 bits per heavy atom. The minimum absolute atomic E-state index is 0.138. The molecule has 0 unspecified atom stereocenters. The fraction of sp³-hybridized carbons (Fsp3) is 0.400. The van der Waals surface area contributed by atoms with E-state index in [1.165, 1.54) is 36.2 Å². The molecule has 1 amide bonds. The Balaban J connectivity index is 1.98. The Kier molecular flexibility index (Phi) is 6.98. The number of hydrogen-bond acceptors (Lipinski definition) is 8. The number of nitrogens with zero attached hydrogens (tertiary/aromatic N) is 2. The highest BCUT2D eigenvalue weighted by Crippen LogP contribution is 2.26. The van der Waals surface area contributed by atoms with E-state index in [1.54, 1.807) is 19.1 Å². The van der Waals surface area contributed by atoms with Crippen molar-refractivity contribution in [2.24, 2.45) is 0 Å². The smallest absolute Gasteiger partial charge is 0.240 e. The molecular formula is C15H21N5O3S3. The molecular weight excluding hydrogens is 394 g/mol. The summed E-state index contributed by atoms with van der Waals surface area (Å²) in [5.74, 6) is -0.0987. The summed E-state index contributed by atoms with van der Waals surface area (Å²) in [6, 6.07) is 5.03. The fourth-order valence-corrected chi connectivity index (χ4v) is 4.67. The first-order valence-corrected chi connectivity index (χ1v) is 11.1. The largest absolute Gasteiger partial charge is 0.358 e. The summed E-state index contributed by atoms with van der Waals surface area (Å²) in [5.41, 5.74) is 1.03. The summed E-state index contributed by atoms with van der Waals surface area (Å²) in [5, 5.41) is 14.6. The molecule has 142 valence electrons. The number of thioether (sulfide) groups is 1. The van der Waals surface area contributed by atoms with Crippen LogP contribution in [0.25, 0.3) is 0 Å². The molecule has 0 aliphatic rings. The van der Waals surface area contributed by atoms with Gasteiger partial charge in [-0.05, 0) is 45.5 Å². The normalized spacial score (nSPS) is 11.6. The molecule has 1 aromatic heterocycles. The molecule has 8 nitrogen and oxygen atoms in total. The van der Waals surface area contributed by atoms with Crippen LogP contribution in [0.15, 0.2) is 27.4 Å². The van der Waals surface area contributed by atoms with E-state index < -0.39 is 10.0 Å². The Labute approximate surface area is 161 Å². The molecule has 0 saturated heterocycles. The lowest BCUT2D eigenvalue weighted by Gasteiger charge is -2.10. The zero-order valence-corrected chi connectivity index (χ0v) is 17.3. The summed E-state index contributed by atoms with van der Waals surface area (Å²) in [4.78, 5) is 12.3. The lowest BCUT2D eigenvalue weighted by molar-refractivity contribution is -0.113. The molecule has 0 aliphatic carbocycles. The second-order valence-corrected chi connectivity index (χ2v) is 9.75. The van der Waals surface area contributed by atoms with Gasteiger partial charge in [0, 0.05) is 11.7 Å². The minimum Gasteiger partial charge on any atom is -0.358 e. The van der Waals surface area contributed by atoms with Crippen molar-refractivity contribution in [2.75, 3.05) is 23.4 Å². The van der Waals surface area contributed by atoms with Crippen LogP contribution in [0, 0.1) is 6.92 Å². The predicted molar refractivity (Wildman–Crippen MR) is 105 cm³/mol. The lowest BCUT2D eigenvalue weighted by Crippen LogP contribution is -2.20. The highest BCUT2D eigenvalue weighted by atomic mass is 32.2. The van der Waals surface area contributed by atoms with Crippen molar-refractivity contribution in [3.63, 3.8) is 0 Å². The van der Waals surface area contributed by atoms with Gasteiger partial charge in [0.25, 0.3) is 0 Å². The van der Waals surface area contributed by atoms with Gasteiger partial charge in [0.1, 0.15) is 0 Å². The van der Waals surface area contributed by atoms with Crippen molar-refractivity contribution < 1.29 is 13.2 Å². The molecule has 0 atom stereocenters. The predicted octanol–water partition coefficient (Wildman–Crippen LogP) is 2.31. The zero-order valence-electron chi connectivity index (χ0n) is 14.9. The maximum atomic E-state index is 12.1. The van der Waals surface area contributed by atoms with Gasteiger partial charge < -0.3 is 10.6 Å². The minimum atomic E-state index is -3.58. The number of anilines is 2. The number of rotatable bonds is 8. The van der Waals surface area contributed by atoms with Crippen LogP contribution in [0.3, 0.4) is 0 Å². The van der Waals surface area contributed by atoms with Crippen LogP contribution in [0.2, 0.25) is 0 Å². The van der Waals surface area contributed by atoms with Crippen molar-refractivity contribution in [1.82, 2.24) is 14.9 Å². The summed E-state index contributed by atoms with van der Waals surface area (Å²) < 4.78 is 27.0. The molecule has 0 spiro atoms. The van der Waals surface area contributed by atoms with Gasteiger partial charge in [-0.3, -0.25) is 4.79 Å². The molecule has 0 saturated carbocycles. The van der Waals surface area contributed by atoms with Crippen molar-refractivity contribution in [3.8, 4) is 0 Å². The highest BCUT2D eigenvalue weighted by Gasteiger charge is 2.16. The molecule has 26 heavy (non-hydrogen) atoms. The van der Waals surface area contributed by atoms with E-state index >= 15 is 0 Å². The van der Waals surface area contributed by atoms with Crippen LogP contribution >= 0.6 is 23.1 Å². The van der Waals surface area contributed by atoms with Crippen molar-refractivity contribution in [1.29, 1.82) is 0 Å². The van der Waals surface area contributed by atoms with E-state index in [4.69, 9.17) is 0 Å². The van der Waals surface area contributed by atoms with E-state index in [2.05, 4.69) is 25.6 Å². The first kappa shape index (κ1) is 20.6. The number of benzene rings is 1. The average molecular weight is 416 g/mol. The van der Waals surface area contributed by atoms with Gasteiger partial charge in [-0.25, -0.2) is 13.1 Å². The van der Waals surface area contributed by atoms with E-state index in [0.29, 0.717) is 20.7 Å². The summed E-state index contributed by atoms with van der Waals surface area (Å²) in [7, 11) is -2.23. The number of sulfonamides is 1. The Morgan fingerprint density at radius 3 is 2.69 bits per heavy atom. The maximum absolute atomic E-state index is 12.1. The standard InChI is InChI=1S/C15H21N5O3S3/c1-9(2)17-14-19-20-15(25-14)24-8-13(21)18-11-6-5-10(3)12(7-11)26(22,23)16-4/h5-7,9,16H,8H2,1-4H3,(H,17,19)(H,18,21). The SMILES string of the molecule is CNS(=O)(=O)c1cc(NC(=O)CSc2nnc(NC(C)C)s2)ccc1C. The van der Waals surface area contributed by atoms with Gasteiger partial charge in [-0.2, -0.15) is 0 Å². The maximum Gasteiger partial charge on any atom is 0.240 e. The number of aromatic nitrogens is 2. The number of carbonyl (C=O) groups excluding carboxylic acids is 1. The van der Waals surface area contributed by atoms with Gasteiger partial charge in [0.2, 0.25) is 21.1 Å². The van der Waals surface area contributed by atoms with Crippen molar-refractivity contribution >= 4 is 49.8 Å². The van der Waals surface area contributed by atoms with Crippen LogP contribution in [0.4, 0.5) is 10.8 Å². The monoisotopic (exact) mass is 415 g/mol. The van der Waals surface area contributed by atoms with Gasteiger partial charge >= 0.3 is 0 Å². The third-order valence-electron chi connectivity index (χ3n) is 3.18. The quantitative estimate of drug-likeness (QED) is 0.567. The van der Waals surface area contributed by atoms with Crippen LogP contribution in [0.5, 0.6) is 0 Å². The van der Waals surface area contributed by atoms with Crippen molar-refractivity contribution in [3.05, 3.63) is 23.8 Å². The van der Waals surface area contributed by atoms with Crippen LogP contribution in [-0.2, 0) is 14.8 Å². The number of hydrogen-bond donors (Lipinski definition) is 3. The Hall–Kier alpha value is -1.69. The van der Waals surface area contributed by atoms with Gasteiger partial charge in [-0.15, -0.1) is 10.2 Å². The van der Waals surface area contributed by atoms with Crippen LogP contribution in [-0.4, -0.2) is 43.4 Å². The van der Waals surface area contributed by atoms with Crippen molar-refractivity contribution in [2.45, 2.75) is 36.0 Å². The highest BCUT2D eigenvalue weighted by molar-refractivity contribution is 8.01. The molecule has 0 bridgehead atoms. The lowest BCUT2D eigenvalue weighted by atomic mass is 10.2. The molecule has 2 aromatic rings. The second kappa shape index (κ2) is 8.80. The fourth-order valence-electron chi connectivity index (χ4n) is 1.98. The van der Waals surface area contributed by atoms with Crippen LogP contribution < -0.4 is 15.4 Å². The first-order chi connectivity index (χ1) is 12.2. The van der Waals surface area contributed by atoms with Crippen LogP contribution in [0.1, 0.15) is 19.4 Å². The zero-order chi connectivity index (χ0) is 19.3. The third-order valence-corrected chi connectivity index (χ3v) is 6.72. The number of amides is 1. The van der Waals surface area contributed by atoms with E-state index in [9.17, 15) is 13.2 Å². The number of nitrogens with one attached hydrogen (secondary N) is 3. The number of aryl methyl sites for hydroxylation is 1. The van der Waals surface area contributed by atoms with E-state index in [1.807, 2.05) is 13.8 Å². The van der Waals surface area contributed by atoms with E-state index in [0.717, 1.165) is 0 Å². The summed E-state index contributed by atoms with van der Waals surface area (Å²) in [6.45, 7) is 5.71. The number of carbonyl (C=O) groups is 1. The summed E-state index contributed by atoms with van der Waals surface area (Å²) in [6.07, 6.45) is 0. The molecule has 3 N–H and O–H groups in total. The molecule has 0 radical (unpaired) electrons. The van der Waals surface area contributed by atoms with Gasteiger partial charge in [0.05, 0.1) is 10.6 Å². The molecule has 1 aromatic carbocycles.